The minimum absolute atomic E-state index is 0.0718. The van der Waals surface area contributed by atoms with Crippen LogP contribution in [0.25, 0.3) is 0 Å². The van der Waals surface area contributed by atoms with Gasteiger partial charge in [0, 0.05) is 17.7 Å². The van der Waals surface area contributed by atoms with Gasteiger partial charge >= 0.3 is 0 Å². The molecular weight excluding hydrogens is 297 g/mol. The second-order valence-electron chi connectivity index (χ2n) is 4.69. The van der Waals surface area contributed by atoms with E-state index < -0.39 is 29.3 Å². The summed E-state index contributed by atoms with van der Waals surface area (Å²) >= 11 is 0. The fourth-order valence-electron chi connectivity index (χ4n) is 1.91. The van der Waals surface area contributed by atoms with Gasteiger partial charge in [-0.3, -0.25) is 4.79 Å². The van der Waals surface area contributed by atoms with Crippen molar-refractivity contribution in [1.29, 1.82) is 0 Å². The summed E-state index contributed by atoms with van der Waals surface area (Å²) in [7, 11) is 0. The molecule has 1 atom stereocenters. The molecule has 0 aromatic heterocycles. The monoisotopic (exact) mass is 310 g/mol. The molecule has 2 aromatic carbocycles. The van der Waals surface area contributed by atoms with Gasteiger partial charge < -0.3 is 9.84 Å². The van der Waals surface area contributed by atoms with Crippen LogP contribution in [0.4, 0.5) is 13.2 Å². The van der Waals surface area contributed by atoms with Crippen LogP contribution in [0.1, 0.15) is 28.9 Å². The van der Waals surface area contributed by atoms with Crippen molar-refractivity contribution < 1.29 is 27.8 Å². The molecule has 0 amide bonds. The van der Waals surface area contributed by atoms with E-state index in [1.165, 1.54) is 19.1 Å². The normalized spacial score (nSPS) is 12.0. The second kappa shape index (κ2) is 6.62. The highest BCUT2D eigenvalue weighted by Crippen LogP contribution is 2.21. The number of hydrogen-bond donors (Lipinski definition) is 1. The Bertz CT molecular complexity index is 701. The highest BCUT2D eigenvalue weighted by molar-refractivity contribution is 5.94. The molecule has 0 spiro atoms. The summed E-state index contributed by atoms with van der Waals surface area (Å²) in [5.74, 6) is -2.72. The molecular formula is C16H13F3O3. The van der Waals surface area contributed by atoms with Gasteiger partial charge in [0.2, 0.25) is 0 Å². The Labute approximate surface area is 125 Å². The fourth-order valence-corrected chi connectivity index (χ4v) is 1.91. The van der Waals surface area contributed by atoms with E-state index in [9.17, 15) is 23.1 Å². The Hall–Kier alpha value is -2.34. The van der Waals surface area contributed by atoms with Crippen LogP contribution >= 0.6 is 0 Å². The van der Waals surface area contributed by atoms with Crippen molar-refractivity contribution in [3.05, 3.63) is 65.0 Å². The van der Waals surface area contributed by atoms with Crippen LogP contribution in [0.15, 0.2) is 36.4 Å². The van der Waals surface area contributed by atoms with E-state index in [1.807, 2.05) is 0 Å². The largest absolute Gasteiger partial charge is 0.490 e. The molecule has 3 nitrogen and oxygen atoms in total. The third-order valence-corrected chi connectivity index (χ3v) is 3.05. The average molecular weight is 310 g/mol. The highest BCUT2D eigenvalue weighted by Gasteiger charge is 2.15. The lowest BCUT2D eigenvalue weighted by Gasteiger charge is -2.14. The van der Waals surface area contributed by atoms with Crippen molar-refractivity contribution >= 4 is 5.78 Å². The number of carbonyl (C=O) groups excluding carboxylic acids is 1. The van der Waals surface area contributed by atoms with Gasteiger partial charge in [0.1, 0.15) is 35.9 Å². The minimum Gasteiger partial charge on any atom is -0.490 e. The molecule has 2 aromatic rings. The van der Waals surface area contributed by atoms with Gasteiger partial charge in [-0.2, -0.15) is 0 Å². The van der Waals surface area contributed by atoms with Gasteiger partial charge in [0.25, 0.3) is 0 Å². The van der Waals surface area contributed by atoms with E-state index in [1.54, 1.807) is 0 Å². The topological polar surface area (TPSA) is 46.5 Å². The Balaban J connectivity index is 2.06. The van der Waals surface area contributed by atoms with Crippen molar-refractivity contribution in [2.75, 3.05) is 6.61 Å². The molecule has 0 aliphatic rings. The first kappa shape index (κ1) is 16.0. The molecule has 2 rings (SSSR count). The highest BCUT2D eigenvalue weighted by atomic mass is 19.1. The van der Waals surface area contributed by atoms with Gasteiger partial charge in [0.15, 0.2) is 5.78 Å². The Morgan fingerprint density at radius 1 is 1.14 bits per heavy atom. The Morgan fingerprint density at radius 3 is 2.45 bits per heavy atom. The SMILES string of the molecule is CC(=O)c1ccc(OCC(O)c2ccc(F)cc2F)cc1F. The third-order valence-electron chi connectivity index (χ3n) is 3.05. The Kier molecular flexibility index (Phi) is 4.82. The molecule has 0 aliphatic carbocycles. The maximum Gasteiger partial charge on any atom is 0.162 e. The third kappa shape index (κ3) is 3.65. The van der Waals surface area contributed by atoms with Crippen molar-refractivity contribution in [2.45, 2.75) is 13.0 Å². The summed E-state index contributed by atoms with van der Waals surface area (Å²) in [5, 5.41) is 9.83. The molecule has 0 radical (unpaired) electrons. The quantitative estimate of drug-likeness (QED) is 0.861. The molecule has 0 heterocycles. The Morgan fingerprint density at radius 2 is 1.86 bits per heavy atom. The van der Waals surface area contributed by atoms with E-state index in [0.717, 1.165) is 18.2 Å². The fraction of sp³-hybridized carbons (Fsp3) is 0.188. The molecule has 0 fully saturated rings. The zero-order chi connectivity index (χ0) is 16.3. The van der Waals surface area contributed by atoms with Gasteiger partial charge in [-0.05, 0) is 25.1 Å². The first-order valence-corrected chi connectivity index (χ1v) is 6.45. The van der Waals surface area contributed by atoms with Crippen LogP contribution in [0.3, 0.4) is 0 Å². The molecule has 0 saturated heterocycles. The van der Waals surface area contributed by atoms with Crippen LogP contribution in [0.5, 0.6) is 5.75 Å². The summed E-state index contributed by atoms with van der Waals surface area (Å²) in [6.07, 6.45) is -1.34. The standard InChI is InChI=1S/C16H13F3O3/c1-9(20)12-5-3-11(7-15(12)19)22-8-16(21)13-4-2-10(17)6-14(13)18/h2-7,16,21H,8H2,1H3. The van der Waals surface area contributed by atoms with Crippen molar-refractivity contribution in [3.8, 4) is 5.75 Å². The smallest absolute Gasteiger partial charge is 0.162 e. The van der Waals surface area contributed by atoms with Crippen molar-refractivity contribution in [1.82, 2.24) is 0 Å². The molecule has 0 aliphatic heterocycles. The summed E-state index contributed by atoms with van der Waals surface area (Å²) in [4.78, 5) is 11.1. The van der Waals surface area contributed by atoms with Gasteiger partial charge in [-0.25, -0.2) is 13.2 Å². The number of aliphatic hydroxyl groups is 1. The van der Waals surface area contributed by atoms with Crippen LogP contribution in [-0.2, 0) is 0 Å². The molecule has 0 saturated carbocycles. The first-order chi connectivity index (χ1) is 10.4. The maximum absolute atomic E-state index is 13.6. The van der Waals surface area contributed by atoms with Gasteiger partial charge in [-0.1, -0.05) is 6.07 Å². The molecule has 6 heteroatoms. The second-order valence-corrected chi connectivity index (χ2v) is 4.69. The van der Waals surface area contributed by atoms with E-state index >= 15 is 0 Å². The first-order valence-electron chi connectivity index (χ1n) is 6.45. The van der Waals surface area contributed by atoms with E-state index in [2.05, 4.69) is 0 Å². The summed E-state index contributed by atoms with van der Waals surface area (Å²) in [6, 6.07) is 6.41. The summed E-state index contributed by atoms with van der Waals surface area (Å²) in [5.41, 5.74) is -0.195. The number of carbonyl (C=O) groups is 1. The van der Waals surface area contributed by atoms with E-state index in [0.29, 0.717) is 6.07 Å². The number of hydrogen-bond acceptors (Lipinski definition) is 3. The van der Waals surface area contributed by atoms with Crippen molar-refractivity contribution in [3.63, 3.8) is 0 Å². The average Bonchev–Trinajstić information content (AvgIpc) is 2.44. The zero-order valence-corrected chi connectivity index (χ0v) is 11.6. The number of ketones is 1. The molecule has 1 unspecified atom stereocenters. The van der Waals surface area contributed by atoms with Gasteiger partial charge in [0.05, 0.1) is 5.56 Å². The zero-order valence-electron chi connectivity index (χ0n) is 11.6. The van der Waals surface area contributed by atoms with E-state index in [-0.39, 0.29) is 23.5 Å². The molecule has 22 heavy (non-hydrogen) atoms. The van der Waals surface area contributed by atoms with E-state index in [4.69, 9.17) is 4.74 Å². The van der Waals surface area contributed by atoms with Crippen LogP contribution in [0, 0.1) is 17.5 Å². The number of aliphatic hydroxyl groups excluding tert-OH is 1. The summed E-state index contributed by atoms with van der Waals surface area (Å²) in [6.45, 7) is 0.890. The molecule has 0 bridgehead atoms. The van der Waals surface area contributed by atoms with Crippen LogP contribution < -0.4 is 4.74 Å². The van der Waals surface area contributed by atoms with Crippen LogP contribution in [-0.4, -0.2) is 17.5 Å². The van der Waals surface area contributed by atoms with Crippen molar-refractivity contribution in [2.24, 2.45) is 0 Å². The summed E-state index contributed by atoms with van der Waals surface area (Å²) < 4.78 is 45.0. The number of Topliss-reactive ketones (excluding diaryl/α,β-unsaturated/α-hetero) is 1. The lowest BCUT2D eigenvalue weighted by molar-refractivity contribution is 0.100. The number of ether oxygens (including phenoxy) is 1. The predicted octanol–water partition coefficient (Wildman–Crippen LogP) is 3.42. The molecule has 1 N–H and O–H groups in total. The molecule has 116 valence electrons. The minimum atomic E-state index is -1.34. The predicted molar refractivity (Wildman–Crippen MR) is 73.2 cm³/mol. The number of rotatable bonds is 5. The maximum atomic E-state index is 13.6. The van der Waals surface area contributed by atoms with Crippen LogP contribution in [0.2, 0.25) is 0 Å². The number of benzene rings is 2. The lowest BCUT2D eigenvalue weighted by atomic mass is 10.1. The lowest BCUT2D eigenvalue weighted by Crippen LogP contribution is -2.12. The van der Waals surface area contributed by atoms with Gasteiger partial charge in [-0.15, -0.1) is 0 Å². The number of halogens is 3.